The second kappa shape index (κ2) is 4.50. The first-order chi connectivity index (χ1) is 7.38. The summed E-state index contributed by atoms with van der Waals surface area (Å²) >= 11 is 0. The van der Waals surface area contributed by atoms with Crippen LogP contribution in [0.5, 0.6) is 5.75 Å². The molecule has 0 spiro atoms. The Hall–Kier alpha value is -1.60. The van der Waals surface area contributed by atoms with Crippen LogP contribution in [0.4, 0.5) is 0 Å². The predicted molar refractivity (Wildman–Crippen MR) is 53.9 cm³/mol. The lowest BCUT2D eigenvalue weighted by atomic mass is 10.2. The van der Waals surface area contributed by atoms with Gasteiger partial charge in [0.05, 0.1) is 11.5 Å². The largest absolute Gasteiger partial charge is 0.507 e. The van der Waals surface area contributed by atoms with Crippen molar-refractivity contribution in [2.24, 2.45) is 0 Å². The first-order valence-corrected chi connectivity index (χ1v) is 5.75. The van der Waals surface area contributed by atoms with E-state index >= 15 is 0 Å². The summed E-state index contributed by atoms with van der Waals surface area (Å²) in [6.07, 6.45) is 0. The van der Waals surface area contributed by atoms with Crippen molar-refractivity contribution < 1.29 is 27.6 Å². The van der Waals surface area contributed by atoms with Crippen LogP contribution in [-0.4, -0.2) is 31.2 Å². The molecule has 2 N–H and O–H groups in total. The number of rotatable bonds is 4. The molecular weight excluding hydrogens is 236 g/mol. The van der Waals surface area contributed by atoms with Crippen molar-refractivity contribution in [3.8, 4) is 5.75 Å². The van der Waals surface area contributed by atoms with Crippen molar-refractivity contribution in [3.05, 3.63) is 23.8 Å². The van der Waals surface area contributed by atoms with Gasteiger partial charge in [0.25, 0.3) is 10.1 Å². The van der Waals surface area contributed by atoms with Gasteiger partial charge < -0.3 is 10.2 Å². The maximum absolute atomic E-state index is 11.4. The second-order valence-corrected chi connectivity index (χ2v) is 4.46. The van der Waals surface area contributed by atoms with Gasteiger partial charge in [-0.05, 0) is 25.1 Å². The molecule has 0 unspecified atom stereocenters. The molecule has 1 rings (SSSR count). The fraction of sp³-hybridized carbons (Fsp3) is 0.222. The van der Waals surface area contributed by atoms with Gasteiger partial charge in [-0.2, -0.15) is 8.42 Å². The Balaban J connectivity index is 3.28. The highest BCUT2D eigenvalue weighted by Crippen LogP contribution is 2.22. The number of carboxylic acids is 1. The average Bonchev–Trinajstić information content (AvgIpc) is 2.17. The molecular formula is C9H10O6S. The molecule has 0 radical (unpaired) electrons. The molecule has 0 heterocycles. The number of hydrogen-bond donors (Lipinski definition) is 2. The Bertz CT molecular complexity index is 505. The molecule has 0 amide bonds. The van der Waals surface area contributed by atoms with Crippen molar-refractivity contribution in [2.45, 2.75) is 11.8 Å². The molecule has 16 heavy (non-hydrogen) atoms. The number of aromatic hydroxyl groups is 1. The van der Waals surface area contributed by atoms with Crippen LogP contribution in [0, 0.1) is 0 Å². The van der Waals surface area contributed by atoms with E-state index in [1.165, 1.54) is 6.92 Å². The van der Waals surface area contributed by atoms with E-state index < -0.39 is 27.4 Å². The number of phenols is 1. The molecule has 0 atom stereocenters. The summed E-state index contributed by atoms with van der Waals surface area (Å²) in [6.45, 7) is 1.45. The zero-order valence-electron chi connectivity index (χ0n) is 8.37. The Kier molecular flexibility index (Phi) is 3.51. The molecule has 0 aromatic heterocycles. The quantitative estimate of drug-likeness (QED) is 0.762. The summed E-state index contributed by atoms with van der Waals surface area (Å²) in [6, 6.07) is 2.92. The average molecular weight is 246 g/mol. The fourth-order valence-corrected chi connectivity index (χ4v) is 2.01. The van der Waals surface area contributed by atoms with Crippen molar-refractivity contribution >= 4 is 16.1 Å². The zero-order chi connectivity index (χ0) is 12.3. The van der Waals surface area contributed by atoms with Crippen LogP contribution in [0.15, 0.2) is 23.1 Å². The van der Waals surface area contributed by atoms with E-state index in [9.17, 15) is 18.3 Å². The normalized spacial score (nSPS) is 11.3. The van der Waals surface area contributed by atoms with Gasteiger partial charge in [0.2, 0.25) is 0 Å². The summed E-state index contributed by atoms with van der Waals surface area (Å²) in [5.74, 6) is -1.91. The van der Waals surface area contributed by atoms with Crippen molar-refractivity contribution in [1.29, 1.82) is 0 Å². The van der Waals surface area contributed by atoms with E-state index in [4.69, 9.17) is 5.11 Å². The maximum Gasteiger partial charge on any atom is 0.339 e. The lowest BCUT2D eigenvalue weighted by Crippen LogP contribution is -2.07. The molecule has 1 aromatic rings. The number of hydrogen-bond acceptors (Lipinski definition) is 5. The molecule has 0 aliphatic carbocycles. The van der Waals surface area contributed by atoms with Crippen LogP contribution in [0.3, 0.4) is 0 Å². The highest BCUT2D eigenvalue weighted by Gasteiger charge is 2.18. The van der Waals surface area contributed by atoms with Crippen LogP contribution in [0.1, 0.15) is 17.3 Å². The molecule has 0 aliphatic heterocycles. The zero-order valence-corrected chi connectivity index (χ0v) is 9.19. The van der Waals surface area contributed by atoms with E-state index in [0.717, 1.165) is 18.2 Å². The standard InChI is InChI=1S/C9H10O6S/c1-2-15-16(13,14)6-3-4-8(10)7(5-6)9(11)12/h3-5,10H,2H2,1H3,(H,11,12). The van der Waals surface area contributed by atoms with Crippen LogP contribution < -0.4 is 0 Å². The third kappa shape index (κ3) is 2.50. The van der Waals surface area contributed by atoms with Crippen molar-refractivity contribution in [2.75, 3.05) is 6.61 Å². The first-order valence-electron chi connectivity index (χ1n) is 4.34. The summed E-state index contributed by atoms with van der Waals surface area (Å²) in [7, 11) is -3.96. The maximum atomic E-state index is 11.4. The van der Waals surface area contributed by atoms with E-state index in [1.54, 1.807) is 0 Å². The van der Waals surface area contributed by atoms with Gasteiger partial charge in [-0.25, -0.2) is 4.79 Å². The molecule has 6 nitrogen and oxygen atoms in total. The summed E-state index contributed by atoms with van der Waals surface area (Å²) in [5.41, 5.74) is -0.485. The number of aromatic carboxylic acids is 1. The van der Waals surface area contributed by atoms with Gasteiger partial charge in [-0.15, -0.1) is 0 Å². The SMILES string of the molecule is CCOS(=O)(=O)c1ccc(O)c(C(=O)O)c1. The van der Waals surface area contributed by atoms with E-state index in [-0.39, 0.29) is 11.5 Å². The molecule has 7 heteroatoms. The predicted octanol–water partition coefficient (Wildman–Crippen LogP) is 0.816. The Morgan fingerprint density at radius 1 is 1.44 bits per heavy atom. The van der Waals surface area contributed by atoms with Gasteiger partial charge in [-0.3, -0.25) is 4.18 Å². The lowest BCUT2D eigenvalue weighted by molar-refractivity contribution is 0.0693. The third-order valence-corrected chi connectivity index (χ3v) is 3.14. The van der Waals surface area contributed by atoms with Crippen LogP contribution >= 0.6 is 0 Å². The van der Waals surface area contributed by atoms with Crippen LogP contribution in [-0.2, 0) is 14.3 Å². The van der Waals surface area contributed by atoms with E-state index in [1.807, 2.05) is 0 Å². The minimum atomic E-state index is -3.96. The van der Waals surface area contributed by atoms with Gasteiger partial charge >= 0.3 is 5.97 Å². The minimum absolute atomic E-state index is 0.0500. The molecule has 1 aromatic carbocycles. The number of benzene rings is 1. The summed E-state index contributed by atoms with van der Waals surface area (Å²) < 4.78 is 27.3. The highest BCUT2D eigenvalue weighted by molar-refractivity contribution is 7.86. The van der Waals surface area contributed by atoms with Gasteiger partial charge in [0.1, 0.15) is 11.3 Å². The third-order valence-electron chi connectivity index (χ3n) is 1.76. The van der Waals surface area contributed by atoms with E-state index in [0.29, 0.717) is 0 Å². The topological polar surface area (TPSA) is 101 Å². The smallest absolute Gasteiger partial charge is 0.339 e. The number of carbonyl (C=O) groups is 1. The van der Waals surface area contributed by atoms with Crippen molar-refractivity contribution in [1.82, 2.24) is 0 Å². The Labute approximate surface area is 92.2 Å². The van der Waals surface area contributed by atoms with Gasteiger partial charge in [-0.1, -0.05) is 0 Å². The number of carboxylic acid groups (broad SMARTS) is 1. The molecule has 0 saturated heterocycles. The first kappa shape index (κ1) is 12.5. The molecule has 0 aliphatic rings. The molecule has 0 fully saturated rings. The fourth-order valence-electron chi connectivity index (χ4n) is 1.07. The van der Waals surface area contributed by atoms with Gasteiger partial charge in [0, 0.05) is 0 Å². The monoisotopic (exact) mass is 246 g/mol. The minimum Gasteiger partial charge on any atom is -0.507 e. The second-order valence-electron chi connectivity index (χ2n) is 2.84. The van der Waals surface area contributed by atoms with Crippen LogP contribution in [0.25, 0.3) is 0 Å². The molecule has 0 bridgehead atoms. The summed E-state index contributed by atoms with van der Waals surface area (Å²) in [5, 5.41) is 17.9. The molecule has 0 saturated carbocycles. The Morgan fingerprint density at radius 3 is 2.56 bits per heavy atom. The Morgan fingerprint density at radius 2 is 2.06 bits per heavy atom. The van der Waals surface area contributed by atoms with Crippen LogP contribution in [0.2, 0.25) is 0 Å². The van der Waals surface area contributed by atoms with E-state index in [2.05, 4.69) is 4.18 Å². The molecule has 88 valence electrons. The van der Waals surface area contributed by atoms with Crippen molar-refractivity contribution in [3.63, 3.8) is 0 Å². The highest BCUT2D eigenvalue weighted by atomic mass is 32.2. The van der Waals surface area contributed by atoms with Gasteiger partial charge in [0.15, 0.2) is 0 Å². The summed E-state index contributed by atoms with van der Waals surface area (Å²) in [4.78, 5) is 10.4. The lowest BCUT2D eigenvalue weighted by Gasteiger charge is -2.05.